The molecule has 140 valence electrons. The van der Waals surface area contributed by atoms with Crippen molar-refractivity contribution < 1.29 is 9.90 Å². The van der Waals surface area contributed by atoms with Gasteiger partial charge in [0.1, 0.15) is 5.75 Å². The van der Waals surface area contributed by atoms with Crippen LogP contribution in [0.5, 0.6) is 5.75 Å². The van der Waals surface area contributed by atoms with Crippen LogP contribution in [0.3, 0.4) is 0 Å². The van der Waals surface area contributed by atoms with E-state index in [0.29, 0.717) is 18.8 Å². The van der Waals surface area contributed by atoms with Crippen molar-refractivity contribution in [2.45, 2.75) is 22.8 Å². The fraction of sp³-hybridized carbons (Fsp3) is 0.174. The maximum atomic E-state index is 13.4. The van der Waals surface area contributed by atoms with E-state index >= 15 is 0 Å². The Morgan fingerprint density at radius 2 is 1.61 bits per heavy atom. The van der Waals surface area contributed by atoms with Crippen LogP contribution < -0.4 is 4.90 Å². The molecule has 4 nitrogen and oxygen atoms in total. The highest BCUT2D eigenvalue weighted by Crippen LogP contribution is 2.47. The second-order valence-electron chi connectivity index (χ2n) is 7.14. The molecule has 2 aliphatic heterocycles. The molecule has 2 aliphatic rings. The summed E-state index contributed by atoms with van der Waals surface area (Å²) in [7, 11) is 0. The molecule has 0 saturated heterocycles. The molecule has 0 atom stereocenters. The summed E-state index contributed by atoms with van der Waals surface area (Å²) in [4.78, 5) is 19.6. The Bertz CT molecular complexity index is 1020. The molecule has 0 bridgehead atoms. The van der Waals surface area contributed by atoms with Crippen LogP contribution in [-0.4, -0.2) is 29.0 Å². The molecular formula is C23H20N2O2S. The Morgan fingerprint density at radius 1 is 0.929 bits per heavy atom. The molecule has 5 heteroatoms. The van der Waals surface area contributed by atoms with Gasteiger partial charge in [-0.15, -0.1) is 0 Å². The number of phenolic OH excluding ortho intramolecular Hbond substituents is 1. The lowest BCUT2D eigenvalue weighted by atomic mass is 9.99. The molecular weight excluding hydrogens is 368 g/mol. The molecule has 5 rings (SSSR count). The number of rotatable bonds is 2. The van der Waals surface area contributed by atoms with Gasteiger partial charge in [0.2, 0.25) is 5.91 Å². The van der Waals surface area contributed by atoms with E-state index in [4.69, 9.17) is 0 Å². The van der Waals surface area contributed by atoms with Crippen molar-refractivity contribution in [1.29, 1.82) is 0 Å². The minimum absolute atomic E-state index is 0.0547. The van der Waals surface area contributed by atoms with Gasteiger partial charge < -0.3 is 5.11 Å². The Morgan fingerprint density at radius 3 is 2.32 bits per heavy atom. The fourth-order valence-electron chi connectivity index (χ4n) is 3.99. The summed E-state index contributed by atoms with van der Waals surface area (Å²) in [6.07, 6.45) is 0.847. The Labute approximate surface area is 168 Å². The van der Waals surface area contributed by atoms with Crippen LogP contribution in [-0.2, 0) is 17.8 Å². The van der Waals surface area contributed by atoms with E-state index in [2.05, 4.69) is 23.1 Å². The third-order valence-corrected chi connectivity index (χ3v) is 6.50. The number of fused-ring (bicyclic) bond motifs is 3. The van der Waals surface area contributed by atoms with Gasteiger partial charge in [0.05, 0.1) is 17.9 Å². The number of aromatic hydroxyl groups is 1. The molecule has 0 unspecified atom stereocenters. The second-order valence-corrected chi connectivity index (χ2v) is 8.23. The topological polar surface area (TPSA) is 43.8 Å². The number of phenols is 1. The largest absolute Gasteiger partial charge is 0.508 e. The summed E-state index contributed by atoms with van der Waals surface area (Å²) in [5.74, 6) is 0.374. The second kappa shape index (κ2) is 7.00. The minimum atomic E-state index is 0.0547. The number of hydrogen-bond donors (Lipinski definition) is 1. The maximum absolute atomic E-state index is 13.4. The molecule has 3 aromatic carbocycles. The number of anilines is 2. The van der Waals surface area contributed by atoms with Gasteiger partial charge in [0, 0.05) is 28.4 Å². The lowest BCUT2D eigenvalue weighted by Crippen LogP contribution is -2.41. The van der Waals surface area contributed by atoms with Gasteiger partial charge in [-0.2, -0.15) is 0 Å². The van der Waals surface area contributed by atoms with Crippen LogP contribution in [0.25, 0.3) is 0 Å². The Kier molecular flexibility index (Phi) is 4.34. The number of amides is 1. The number of benzene rings is 3. The number of hydrogen-bond acceptors (Lipinski definition) is 4. The van der Waals surface area contributed by atoms with Crippen LogP contribution in [0, 0.1) is 0 Å². The van der Waals surface area contributed by atoms with Crippen LogP contribution in [0.4, 0.5) is 11.4 Å². The molecule has 0 aromatic heterocycles. The Hall–Kier alpha value is -2.76. The van der Waals surface area contributed by atoms with Crippen molar-refractivity contribution >= 4 is 29.0 Å². The summed E-state index contributed by atoms with van der Waals surface area (Å²) >= 11 is 1.70. The van der Waals surface area contributed by atoms with E-state index in [1.165, 1.54) is 5.56 Å². The molecule has 0 spiro atoms. The first kappa shape index (κ1) is 17.3. The smallest absolute Gasteiger partial charge is 0.245 e. The van der Waals surface area contributed by atoms with Crippen LogP contribution in [0.2, 0.25) is 0 Å². The van der Waals surface area contributed by atoms with E-state index in [0.717, 1.165) is 39.7 Å². The van der Waals surface area contributed by atoms with Crippen molar-refractivity contribution in [2.24, 2.45) is 0 Å². The average Bonchev–Trinajstić information content (AvgIpc) is 2.72. The zero-order valence-corrected chi connectivity index (χ0v) is 16.2. The molecule has 0 aliphatic carbocycles. The SMILES string of the molecule is O=C(CN1CCc2cccc(O)c2C1)N1c2ccccc2Sc2ccccc21. The van der Waals surface area contributed by atoms with Gasteiger partial charge in [0.25, 0.3) is 0 Å². The number of carbonyl (C=O) groups excluding carboxylic acids is 1. The van der Waals surface area contributed by atoms with Crippen molar-refractivity contribution in [3.05, 3.63) is 77.9 Å². The van der Waals surface area contributed by atoms with Crippen molar-refractivity contribution in [3.8, 4) is 5.75 Å². The van der Waals surface area contributed by atoms with E-state index in [-0.39, 0.29) is 5.91 Å². The summed E-state index contributed by atoms with van der Waals surface area (Å²) in [6.45, 7) is 1.73. The minimum Gasteiger partial charge on any atom is -0.508 e. The molecule has 2 heterocycles. The summed E-state index contributed by atoms with van der Waals surface area (Å²) in [5.41, 5.74) is 4.00. The van der Waals surface area contributed by atoms with Crippen molar-refractivity contribution in [2.75, 3.05) is 18.0 Å². The highest BCUT2D eigenvalue weighted by molar-refractivity contribution is 7.99. The summed E-state index contributed by atoms with van der Waals surface area (Å²) in [5, 5.41) is 10.2. The number of para-hydroxylation sites is 2. The maximum Gasteiger partial charge on any atom is 0.245 e. The van der Waals surface area contributed by atoms with E-state index in [9.17, 15) is 9.90 Å². The molecule has 1 amide bonds. The molecule has 0 saturated carbocycles. The first-order valence-corrected chi connectivity index (χ1v) is 10.2. The van der Waals surface area contributed by atoms with Gasteiger partial charge >= 0.3 is 0 Å². The quantitative estimate of drug-likeness (QED) is 0.698. The third kappa shape index (κ3) is 2.97. The van der Waals surface area contributed by atoms with E-state index in [1.54, 1.807) is 17.8 Å². The average molecular weight is 388 g/mol. The zero-order chi connectivity index (χ0) is 19.1. The van der Waals surface area contributed by atoms with Crippen LogP contribution in [0.1, 0.15) is 11.1 Å². The monoisotopic (exact) mass is 388 g/mol. The molecule has 1 N–H and O–H groups in total. The van der Waals surface area contributed by atoms with E-state index in [1.807, 2.05) is 47.4 Å². The lowest BCUT2D eigenvalue weighted by molar-refractivity contribution is -0.119. The van der Waals surface area contributed by atoms with E-state index < -0.39 is 0 Å². The normalized spacial score (nSPS) is 15.5. The molecule has 28 heavy (non-hydrogen) atoms. The number of nitrogens with zero attached hydrogens (tertiary/aromatic N) is 2. The first-order chi connectivity index (χ1) is 13.7. The van der Waals surface area contributed by atoms with Crippen LogP contribution in [0.15, 0.2) is 76.5 Å². The molecule has 3 aromatic rings. The van der Waals surface area contributed by atoms with Gasteiger partial charge in [-0.05, 0) is 42.3 Å². The van der Waals surface area contributed by atoms with Crippen molar-refractivity contribution in [3.63, 3.8) is 0 Å². The number of carbonyl (C=O) groups is 1. The highest BCUT2D eigenvalue weighted by atomic mass is 32.2. The zero-order valence-electron chi connectivity index (χ0n) is 15.3. The van der Waals surface area contributed by atoms with Crippen LogP contribution >= 0.6 is 11.8 Å². The van der Waals surface area contributed by atoms with Crippen molar-refractivity contribution in [1.82, 2.24) is 4.90 Å². The summed E-state index contributed by atoms with van der Waals surface area (Å²) in [6, 6.07) is 21.8. The predicted octanol–water partition coefficient (Wildman–Crippen LogP) is 4.58. The lowest BCUT2D eigenvalue weighted by Gasteiger charge is -2.34. The third-order valence-electron chi connectivity index (χ3n) is 5.37. The predicted molar refractivity (Wildman–Crippen MR) is 111 cm³/mol. The Balaban J connectivity index is 1.44. The molecule has 0 fully saturated rings. The standard InChI is InChI=1S/C23H20N2O2S/c26-20-9-5-6-16-12-13-24(14-17(16)20)15-23(27)25-18-7-1-3-10-21(18)28-22-11-4-2-8-19(22)25/h1-11,26H,12-15H2. The van der Waals surface area contributed by atoms with Gasteiger partial charge in [0.15, 0.2) is 0 Å². The van der Waals surface area contributed by atoms with Gasteiger partial charge in [-0.25, -0.2) is 0 Å². The van der Waals surface area contributed by atoms with Gasteiger partial charge in [-0.1, -0.05) is 48.2 Å². The summed E-state index contributed by atoms with van der Waals surface area (Å²) < 4.78 is 0. The van der Waals surface area contributed by atoms with Gasteiger partial charge in [-0.3, -0.25) is 14.6 Å². The molecule has 0 radical (unpaired) electrons. The fourth-order valence-corrected chi connectivity index (χ4v) is 5.05. The first-order valence-electron chi connectivity index (χ1n) is 9.41. The highest BCUT2D eigenvalue weighted by Gasteiger charge is 2.30.